The molecular weight excluding hydrogens is 683 g/mol. The predicted molar refractivity (Wildman–Crippen MR) is 219 cm³/mol. The van der Waals surface area contributed by atoms with Crippen molar-refractivity contribution < 1.29 is 19.1 Å². The van der Waals surface area contributed by atoms with Crippen molar-refractivity contribution in [1.82, 2.24) is 15.5 Å². The number of esters is 1. The van der Waals surface area contributed by atoms with Crippen LogP contribution in [0.25, 0.3) is 5.57 Å². The third kappa shape index (κ3) is 5.49. The van der Waals surface area contributed by atoms with E-state index in [0.29, 0.717) is 47.0 Å². The van der Waals surface area contributed by atoms with Gasteiger partial charge in [-0.2, -0.15) is 0 Å². The first-order valence-electron chi connectivity index (χ1n) is 21.9. The first-order valence-corrected chi connectivity index (χ1v) is 21.9. The molecule has 2 N–H and O–H groups in total. The quantitative estimate of drug-likeness (QED) is 0.283. The highest BCUT2D eigenvalue weighted by atomic mass is 16.5. The number of benzene rings is 1. The molecule has 6 fully saturated rings. The van der Waals surface area contributed by atoms with E-state index in [1.54, 1.807) is 4.90 Å². The maximum absolute atomic E-state index is 14.2. The Labute approximate surface area is 331 Å². The van der Waals surface area contributed by atoms with E-state index in [0.717, 1.165) is 19.3 Å². The van der Waals surface area contributed by atoms with E-state index in [9.17, 15) is 14.4 Å². The van der Waals surface area contributed by atoms with Gasteiger partial charge in [0.2, 0.25) is 5.91 Å². The van der Waals surface area contributed by atoms with Gasteiger partial charge in [0, 0.05) is 31.6 Å². The second-order valence-electron chi connectivity index (χ2n) is 22.3. The van der Waals surface area contributed by atoms with Crippen LogP contribution in [0.5, 0.6) is 0 Å². The number of carbonyl (C=O) groups excluding carboxylic acids is 3. The molecular formula is C48H71N3O4. The van der Waals surface area contributed by atoms with E-state index >= 15 is 0 Å². The number of nitrogens with zero attached hydrogens (tertiary/aromatic N) is 1. The molecule has 7 aliphatic rings. The van der Waals surface area contributed by atoms with E-state index < -0.39 is 0 Å². The molecule has 0 radical (unpaired) electrons. The number of allylic oxidation sites excluding steroid dienone is 2. The number of methoxy groups -OCH3 is 1. The smallest absolute Gasteiger partial charge is 0.337 e. The number of rotatable bonds is 6. The Kier molecular flexibility index (Phi) is 8.93. The number of hydrogen-bond donors (Lipinski definition) is 2. The first-order chi connectivity index (χ1) is 25.7. The summed E-state index contributed by atoms with van der Waals surface area (Å²) in [6, 6.07) is 8.08. The SMILES string of the molecule is COC(=O)c1ccc(C2=CC[C@]3(C)C4CC[C@@H]5C6[C@H](C7(C)CC7)CC[C@]6(NC(=O)N[C@@H]6C[C@H](C(=O)N(C)C)C6(C)C)CC[C@@]5(C)[C@]4(C)CC[C@H]3C2(C)C)cc1. The van der Waals surface area contributed by atoms with Crippen LogP contribution >= 0.6 is 0 Å². The zero-order chi connectivity index (χ0) is 39.7. The molecule has 55 heavy (non-hydrogen) atoms. The zero-order valence-corrected chi connectivity index (χ0v) is 36.0. The summed E-state index contributed by atoms with van der Waals surface area (Å²) in [4.78, 5) is 40.9. The fraction of sp³-hybridized carbons (Fsp3) is 0.771. The summed E-state index contributed by atoms with van der Waals surface area (Å²) in [6.07, 6.45) is 16.6. The topological polar surface area (TPSA) is 87.7 Å². The Morgan fingerprint density at radius 2 is 1.45 bits per heavy atom. The average Bonchev–Trinajstić information content (AvgIpc) is 3.76. The lowest BCUT2D eigenvalue weighted by Gasteiger charge is -2.72. The lowest BCUT2D eigenvalue weighted by Crippen LogP contribution is -2.70. The Morgan fingerprint density at radius 3 is 2.07 bits per heavy atom. The van der Waals surface area contributed by atoms with E-state index in [1.807, 2.05) is 26.2 Å². The van der Waals surface area contributed by atoms with Crippen LogP contribution in [-0.4, -0.2) is 55.6 Å². The van der Waals surface area contributed by atoms with Gasteiger partial charge in [-0.25, -0.2) is 9.59 Å². The van der Waals surface area contributed by atoms with E-state index in [2.05, 4.69) is 84.2 Å². The number of hydrogen-bond acceptors (Lipinski definition) is 4. The molecule has 0 bridgehead atoms. The largest absolute Gasteiger partial charge is 0.465 e. The third-order valence-corrected chi connectivity index (χ3v) is 19.2. The minimum atomic E-state index is -0.286. The minimum Gasteiger partial charge on any atom is -0.465 e. The summed E-state index contributed by atoms with van der Waals surface area (Å²) in [7, 11) is 5.11. The fourth-order valence-electron chi connectivity index (χ4n) is 15.5. The lowest BCUT2D eigenvalue weighted by molar-refractivity contribution is -0.221. The Morgan fingerprint density at radius 1 is 0.764 bits per heavy atom. The van der Waals surface area contributed by atoms with Gasteiger partial charge in [0.05, 0.1) is 12.7 Å². The van der Waals surface area contributed by atoms with Crippen LogP contribution in [0, 0.1) is 68.0 Å². The second kappa shape index (κ2) is 12.6. The normalized spacial score (nSPS) is 42.8. The molecule has 0 aliphatic heterocycles. The summed E-state index contributed by atoms with van der Waals surface area (Å²) in [5, 5.41) is 7.19. The molecule has 7 nitrogen and oxygen atoms in total. The first kappa shape index (κ1) is 39.0. The van der Waals surface area contributed by atoms with Gasteiger partial charge in [-0.05, 0) is 162 Å². The zero-order valence-electron chi connectivity index (χ0n) is 36.0. The molecule has 1 aromatic rings. The van der Waals surface area contributed by atoms with Crippen molar-refractivity contribution in [2.45, 2.75) is 144 Å². The maximum Gasteiger partial charge on any atom is 0.337 e. The van der Waals surface area contributed by atoms with Crippen LogP contribution in [0.3, 0.4) is 0 Å². The molecule has 0 aromatic heterocycles. The Balaban J connectivity index is 1.06. The standard InChI is InChI=1S/C48H71N3O4/c1-42(2)31(29-12-14-30(15-13-29)40(53)55-11)18-21-45(6)35(42)20-22-47(8)36(45)17-16-33-38-32(44(5)24-25-44)19-23-48(38,27-26-46(33,47)7)50-41(54)49-37-28-34(43(37,3)4)39(52)51(9)10/h12-15,18,32-38H,16-17,19-28H2,1-11H3,(H2,49,50,54)/t32-,33-,34-,35+,36?,37-,38?,45+,46-,47-,48+/m1/s1. The summed E-state index contributed by atoms with van der Waals surface area (Å²) in [5.41, 5.74) is 3.93. The number of nitrogens with one attached hydrogen (secondary N) is 2. The van der Waals surface area contributed by atoms with Gasteiger partial charge >= 0.3 is 12.0 Å². The number of amides is 3. The van der Waals surface area contributed by atoms with Crippen LogP contribution in [0.15, 0.2) is 30.3 Å². The molecule has 7 aliphatic carbocycles. The van der Waals surface area contributed by atoms with Crippen molar-refractivity contribution in [3.8, 4) is 0 Å². The monoisotopic (exact) mass is 754 g/mol. The van der Waals surface area contributed by atoms with Gasteiger partial charge in [-0.15, -0.1) is 0 Å². The molecule has 3 amide bonds. The van der Waals surface area contributed by atoms with Gasteiger partial charge in [0.15, 0.2) is 0 Å². The molecule has 0 saturated heterocycles. The molecule has 2 unspecified atom stereocenters. The van der Waals surface area contributed by atoms with Gasteiger partial charge in [0.25, 0.3) is 0 Å². The van der Waals surface area contributed by atoms with E-state index in [-0.39, 0.29) is 62.5 Å². The summed E-state index contributed by atoms with van der Waals surface area (Å²) < 4.78 is 4.98. The molecule has 6 saturated carbocycles. The molecule has 7 heteroatoms. The van der Waals surface area contributed by atoms with E-state index in [4.69, 9.17) is 4.74 Å². The average molecular weight is 754 g/mol. The maximum atomic E-state index is 14.2. The number of ether oxygens (including phenoxy) is 1. The van der Waals surface area contributed by atoms with Crippen molar-refractivity contribution in [3.63, 3.8) is 0 Å². The summed E-state index contributed by atoms with van der Waals surface area (Å²) >= 11 is 0. The van der Waals surface area contributed by atoms with Crippen molar-refractivity contribution >= 4 is 23.5 Å². The van der Waals surface area contributed by atoms with Crippen molar-refractivity contribution in [2.24, 2.45) is 68.0 Å². The van der Waals surface area contributed by atoms with Gasteiger partial charge in [-0.1, -0.05) is 73.6 Å². The van der Waals surface area contributed by atoms with Crippen LogP contribution < -0.4 is 10.6 Å². The fourth-order valence-corrected chi connectivity index (χ4v) is 15.5. The molecule has 0 heterocycles. The molecule has 8 rings (SSSR count). The highest BCUT2D eigenvalue weighted by Crippen LogP contribution is 2.78. The van der Waals surface area contributed by atoms with E-state index in [1.165, 1.54) is 69.6 Å². The van der Waals surface area contributed by atoms with Crippen LogP contribution in [-0.2, 0) is 9.53 Å². The molecule has 11 atom stereocenters. The highest BCUT2D eigenvalue weighted by molar-refractivity contribution is 5.90. The van der Waals surface area contributed by atoms with Gasteiger partial charge in [-0.3, -0.25) is 4.79 Å². The Hall–Kier alpha value is -2.83. The third-order valence-electron chi connectivity index (χ3n) is 19.2. The molecule has 0 spiro atoms. The second-order valence-corrected chi connectivity index (χ2v) is 22.3. The van der Waals surface area contributed by atoms with Crippen molar-refractivity contribution in [1.29, 1.82) is 0 Å². The van der Waals surface area contributed by atoms with Crippen molar-refractivity contribution in [2.75, 3.05) is 21.2 Å². The number of urea groups is 1. The minimum absolute atomic E-state index is 0.00191. The van der Waals surface area contributed by atoms with Crippen molar-refractivity contribution in [3.05, 3.63) is 41.5 Å². The molecule has 1 aromatic carbocycles. The van der Waals surface area contributed by atoms with Crippen LogP contribution in [0.4, 0.5) is 4.79 Å². The predicted octanol–water partition coefficient (Wildman–Crippen LogP) is 9.90. The lowest BCUT2D eigenvalue weighted by atomic mass is 9.32. The molecule has 302 valence electrons. The van der Waals surface area contributed by atoms with Gasteiger partial charge in [0.1, 0.15) is 0 Å². The number of carbonyl (C=O) groups is 3. The summed E-state index contributed by atoms with van der Waals surface area (Å²) in [5.74, 6) is 2.83. The Bertz CT molecular complexity index is 1770. The number of fused-ring (bicyclic) bond motifs is 7. The van der Waals surface area contributed by atoms with Gasteiger partial charge < -0.3 is 20.3 Å². The van der Waals surface area contributed by atoms with Crippen LogP contribution in [0.2, 0.25) is 0 Å². The van der Waals surface area contributed by atoms with Crippen LogP contribution in [0.1, 0.15) is 148 Å². The summed E-state index contributed by atoms with van der Waals surface area (Å²) in [6.45, 7) is 19.9. The highest BCUT2D eigenvalue weighted by Gasteiger charge is 2.72.